The van der Waals surface area contributed by atoms with Crippen LogP contribution in [-0.4, -0.2) is 53.3 Å². The third kappa shape index (κ3) is 5.14. The van der Waals surface area contributed by atoms with Gasteiger partial charge in [0, 0.05) is 12.1 Å². The van der Waals surface area contributed by atoms with E-state index < -0.39 is 0 Å². The average molecular weight is 426 g/mol. The number of nitrogens with one attached hydrogen (secondary N) is 2. The van der Waals surface area contributed by atoms with Crippen molar-refractivity contribution in [3.05, 3.63) is 64.4 Å². The number of aryl methyl sites for hydroxylation is 1. The Labute approximate surface area is 181 Å². The van der Waals surface area contributed by atoms with Gasteiger partial charge in [-0.1, -0.05) is 42.0 Å². The van der Waals surface area contributed by atoms with Gasteiger partial charge in [-0.25, -0.2) is 0 Å². The van der Waals surface area contributed by atoms with Gasteiger partial charge in [0.15, 0.2) is 10.6 Å². The van der Waals surface area contributed by atoms with Crippen LogP contribution in [0.15, 0.2) is 48.5 Å². The van der Waals surface area contributed by atoms with E-state index >= 15 is 0 Å². The maximum atomic E-state index is 12.7. The van der Waals surface area contributed by atoms with E-state index in [1.54, 1.807) is 11.7 Å². The second-order valence-electron chi connectivity index (χ2n) is 7.36. The van der Waals surface area contributed by atoms with Crippen molar-refractivity contribution in [2.24, 2.45) is 0 Å². The van der Waals surface area contributed by atoms with Crippen molar-refractivity contribution < 1.29 is 9.53 Å². The summed E-state index contributed by atoms with van der Waals surface area (Å²) in [6.07, 6.45) is 0. The molecule has 2 aromatic carbocycles. The fourth-order valence-corrected chi connectivity index (χ4v) is 3.44. The van der Waals surface area contributed by atoms with Crippen molar-refractivity contribution in [2.75, 3.05) is 27.7 Å². The Bertz CT molecular complexity index is 1060. The molecule has 1 atom stereocenters. The van der Waals surface area contributed by atoms with Gasteiger partial charge in [0.05, 0.1) is 13.2 Å². The van der Waals surface area contributed by atoms with E-state index in [1.807, 2.05) is 69.6 Å². The summed E-state index contributed by atoms with van der Waals surface area (Å²) in [7, 11) is 5.61. The van der Waals surface area contributed by atoms with Crippen molar-refractivity contribution in [1.29, 1.82) is 0 Å². The van der Waals surface area contributed by atoms with Crippen LogP contribution in [0.3, 0.4) is 0 Å². The van der Waals surface area contributed by atoms with E-state index in [9.17, 15) is 4.79 Å². The molecular formula is C22H27N5O2S. The molecule has 1 heterocycles. The minimum Gasteiger partial charge on any atom is -0.497 e. The first-order valence-electron chi connectivity index (χ1n) is 9.68. The average Bonchev–Trinajstić information content (AvgIpc) is 3.09. The molecule has 0 aliphatic heterocycles. The molecule has 7 nitrogen and oxygen atoms in total. The van der Waals surface area contributed by atoms with E-state index in [4.69, 9.17) is 17.0 Å². The number of H-pyrrole nitrogens is 1. The maximum Gasteiger partial charge on any atom is 0.240 e. The Balaban J connectivity index is 1.71. The molecule has 1 unspecified atom stereocenters. The Kier molecular flexibility index (Phi) is 7.02. The maximum absolute atomic E-state index is 12.7. The number of aromatic amines is 1. The van der Waals surface area contributed by atoms with Crippen LogP contribution in [0.5, 0.6) is 5.75 Å². The fourth-order valence-electron chi connectivity index (χ4n) is 3.24. The SMILES string of the molecule is COc1cccc(C(CNC(=O)Cn2c(-c3ccc(C)cc3)n[nH]c2=S)N(C)C)c1. The molecule has 0 saturated heterocycles. The molecule has 2 N–H and O–H groups in total. The lowest BCUT2D eigenvalue weighted by Crippen LogP contribution is -2.36. The summed E-state index contributed by atoms with van der Waals surface area (Å²) >= 11 is 5.34. The number of methoxy groups -OCH3 is 1. The number of hydrogen-bond donors (Lipinski definition) is 2. The van der Waals surface area contributed by atoms with Gasteiger partial charge >= 0.3 is 0 Å². The summed E-state index contributed by atoms with van der Waals surface area (Å²) in [6, 6.07) is 15.8. The van der Waals surface area contributed by atoms with E-state index in [1.165, 1.54) is 0 Å². The summed E-state index contributed by atoms with van der Waals surface area (Å²) in [6.45, 7) is 2.58. The van der Waals surface area contributed by atoms with Crippen LogP contribution in [0.1, 0.15) is 17.2 Å². The van der Waals surface area contributed by atoms with Crippen LogP contribution in [0.25, 0.3) is 11.4 Å². The minimum absolute atomic E-state index is 0.0120. The van der Waals surface area contributed by atoms with E-state index in [2.05, 4.69) is 20.4 Å². The molecule has 0 aliphatic rings. The molecule has 0 radical (unpaired) electrons. The van der Waals surface area contributed by atoms with Gasteiger partial charge in [0.1, 0.15) is 12.3 Å². The molecule has 8 heteroatoms. The molecule has 158 valence electrons. The number of likely N-dealkylation sites (N-methyl/N-ethyl adjacent to an activating group) is 1. The third-order valence-electron chi connectivity index (χ3n) is 4.96. The summed E-state index contributed by atoms with van der Waals surface area (Å²) in [5.41, 5.74) is 3.13. The van der Waals surface area contributed by atoms with Crippen molar-refractivity contribution in [3.8, 4) is 17.1 Å². The van der Waals surface area contributed by atoms with Gasteiger partial charge in [-0.15, -0.1) is 0 Å². The van der Waals surface area contributed by atoms with Crippen LogP contribution >= 0.6 is 12.2 Å². The fraction of sp³-hybridized carbons (Fsp3) is 0.318. The van der Waals surface area contributed by atoms with E-state index in [-0.39, 0.29) is 18.5 Å². The van der Waals surface area contributed by atoms with Crippen LogP contribution in [-0.2, 0) is 11.3 Å². The number of rotatable bonds is 8. The van der Waals surface area contributed by atoms with Gasteiger partial charge < -0.3 is 15.0 Å². The number of ether oxygens (including phenoxy) is 1. The lowest BCUT2D eigenvalue weighted by Gasteiger charge is -2.25. The van der Waals surface area contributed by atoms with Crippen molar-refractivity contribution in [3.63, 3.8) is 0 Å². The Morgan fingerprint density at radius 2 is 2.00 bits per heavy atom. The number of carbonyl (C=O) groups excluding carboxylic acids is 1. The quantitative estimate of drug-likeness (QED) is 0.542. The molecule has 0 aliphatic carbocycles. The highest BCUT2D eigenvalue weighted by atomic mass is 32.1. The molecule has 0 saturated carbocycles. The summed E-state index contributed by atoms with van der Waals surface area (Å²) in [5, 5.41) is 10.1. The first-order valence-corrected chi connectivity index (χ1v) is 10.1. The predicted octanol–water partition coefficient (Wildman–Crippen LogP) is 3.34. The highest BCUT2D eigenvalue weighted by Gasteiger charge is 2.17. The van der Waals surface area contributed by atoms with Crippen molar-refractivity contribution in [1.82, 2.24) is 25.0 Å². The first-order chi connectivity index (χ1) is 14.4. The highest BCUT2D eigenvalue weighted by Crippen LogP contribution is 2.22. The zero-order valence-electron chi connectivity index (χ0n) is 17.7. The van der Waals surface area contributed by atoms with Crippen LogP contribution in [0.4, 0.5) is 0 Å². The predicted molar refractivity (Wildman–Crippen MR) is 120 cm³/mol. The smallest absolute Gasteiger partial charge is 0.240 e. The summed E-state index contributed by atoms with van der Waals surface area (Å²) in [5.74, 6) is 1.31. The van der Waals surface area contributed by atoms with E-state index in [0.717, 1.165) is 22.4 Å². The molecule has 1 aromatic heterocycles. The zero-order valence-corrected chi connectivity index (χ0v) is 18.5. The van der Waals surface area contributed by atoms with Gasteiger partial charge in [0.2, 0.25) is 5.91 Å². The van der Waals surface area contributed by atoms with Gasteiger partial charge in [-0.2, -0.15) is 5.10 Å². The normalized spacial score (nSPS) is 12.0. The standard InChI is InChI=1S/C22H27N5O2S/c1-15-8-10-16(11-9-15)21-24-25-22(30)27(21)14-20(28)23-13-19(26(2)3)17-6-5-7-18(12-17)29-4/h5-12,19H,13-14H2,1-4H3,(H,23,28)(H,25,30). The van der Waals surface area contributed by atoms with Gasteiger partial charge in [-0.3, -0.25) is 14.5 Å². The number of amides is 1. The second kappa shape index (κ2) is 9.69. The Hall–Kier alpha value is -2.97. The largest absolute Gasteiger partial charge is 0.497 e. The number of nitrogens with zero attached hydrogens (tertiary/aromatic N) is 3. The molecule has 0 fully saturated rings. The van der Waals surface area contributed by atoms with Crippen LogP contribution < -0.4 is 10.1 Å². The Morgan fingerprint density at radius 1 is 1.27 bits per heavy atom. The second-order valence-corrected chi connectivity index (χ2v) is 7.75. The van der Waals surface area contributed by atoms with Crippen molar-refractivity contribution >= 4 is 18.1 Å². The molecule has 3 aromatic rings. The van der Waals surface area contributed by atoms with Crippen LogP contribution in [0, 0.1) is 11.7 Å². The monoisotopic (exact) mass is 425 g/mol. The van der Waals surface area contributed by atoms with Crippen molar-refractivity contribution in [2.45, 2.75) is 19.5 Å². The number of carbonyl (C=O) groups is 1. The zero-order chi connectivity index (χ0) is 21.7. The lowest BCUT2D eigenvalue weighted by atomic mass is 10.1. The third-order valence-corrected chi connectivity index (χ3v) is 5.28. The molecule has 0 bridgehead atoms. The van der Waals surface area contributed by atoms with Gasteiger partial charge in [-0.05, 0) is 50.9 Å². The Morgan fingerprint density at radius 3 is 2.67 bits per heavy atom. The molecule has 30 heavy (non-hydrogen) atoms. The van der Waals surface area contributed by atoms with E-state index in [0.29, 0.717) is 17.1 Å². The van der Waals surface area contributed by atoms with Gasteiger partial charge in [0.25, 0.3) is 0 Å². The number of aromatic nitrogens is 3. The first kappa shape index (κ1) is 21.7. The summed E-state index contributed by atoms with van der Waals surface area (Å²) in [4.78, 5) is 14.8. The summed E-state index contributed by atoms with van der Waals surface area (Å²) < 4.78 is 7.45. The molecule has 0 spiro atoms. The number of hydrogen-bond acceptors (Lipinski definition) is 5. The topological polar surface area (TPSA) is 75.2 Å². The number of benzene rings is 2. The van der Waals surface area contributed by atoms with Crippen LogP contribution in [0.2, 0.25) is 0 Å². The molecule has 3 rings (SSSR count). The molecular weight excluding hydrogens is 398 g/mol. The highest BCUT2D eigenvalue weighted by molar-refractivity contribution is 7.71. The minimum atomic E-state index is -0.129. The lowest BCUT2D eigenvalue weighted by molar-refractivity contribution is -0.121. The molecule has 1 amide bonds.